The van der Waals surface area contributed by atoms with E-state index in [0.717, 1.165) is 25.7 Å². The molecule has 0 aromatic heterocycles. The van der Waals surface area contributed by atoms with E-state index in [0.29, 0.717) is 32.5 Å². The first-order valence-corrected chi connectivity index (χ1v) is 9.36. The third kappa shape index (κ3) is 3.80. The molecular formula is C14H26N2O3S. The number of Topliss-reactive ketones (excluding diaryl/α,β-unsaturated/α-hetero) is 1. The summed E-state index contributed by atoms with van der Waals surface area (Å²) < 4.78 is 24.7. The minimum atomic E-state index is -3.13. The van der Waals surface area contributed by atoms with Gasteiger partial charge in [0.1, 0.15) is 5.78 Å². The van der Waals surface area contributed by atoms with Crippen LogP contribution in [0.25, 0.3) is 0 Å². The lowest BCUT2D eigenvalue weighted by Crippen LogP contribution is -2.41. The van der Waals surface area contributed by atoms with Crippen LogP contribution in [0.1, 0.15) is 44.9 Å². The molecule has 2 N–H and O–H groups in total. The Hall–Kier alpha value is -0.460. The number of sulfonamides is 1. The maximum Gasteiger partial charge on any atom is 0.211 e. The van der Waals surface area contributed by atoms with Gasteiger partial charge in [-0.25, -0.2) is 12.7 Å². The first kappa shape index (κ1) is 15.9. The minimum absolute atomic E-state index is 0.0578. The highest BCUT2D eigenvalue weighted by Gasteiger charge is 2.38. The van der Waals surface area contributed by atoms with E-state index in [2.05, 4.69) is 0 Å². The van der Waals surface area contributed by atoms with Crippen LogP contribution in [0, 0.1) is 11.3 Å². The van der Waals surface area contributed by atoms with Crippen LogP contribution in [0.4, 0.5) is 0 Å². The van der Waals surface area contributed by atoms with Crippen molar-refractivity contribution in [1.82, 2.24) is 4.31 Å². The lowest BCUT2D eigenvalue weighted by Gasteiger charge is -2.41. The van der Waals surface area contributed by atoms with E-state index >= 15 is 0 Å². The third-order valence-electron chi connectivity index (χ3n) is 4.89. The summed E-state index contributed by atoms with van der Waals surface area (Å²) in [6.07, 6.45) is 7.45. The molecule has 1 aliphatic carbocycles. The predicted octanol–water partition coefficient (Wildman–Crippen LogP) is 1.14. The van der Waals surface area contributed by atoms with E-state index in [1.54, 1.807) is 0 Å². The molecule has 1 saturated heterocycles. The van der Waals surface area contributed by atoms with Crippen LogP contribution in [0.5, 0.6) is 0 Å². The first-order chi connectivity index (χ1) is 9.35. The Morgan fingerprint density at radius 2 is 2.05 bits per heavy atom. The Labute approximate surface area is 121 Å². The fourth-order valence-corrected chi connectivity index (χ4v) is 4.38. The van der Waals surface area contributed by atoms with Gasteiger partial charge in [0.25, 0.3) is 0 Å². The fraction of sp³-hybridized carbons (Fsp3) is 0.929. The zero-order chi connectivity index (χ0) is 14.8. The summed E-state index contributed by atoms with van der Waals surface area (Å²) in [5, 5.41) is 0. The van der Waals surface area contributed by atoms with Crippen LogP contribution in [0.3, 0.4) is 0 Å². The molecule has 1 saturated carbocycles. The molecule has 1 unspecified atom stereocenters. The van der Waals surface area contributed by atoms with Crippen LogP contribution in [0.15, 0.2) is 0 Å². The maximum absolute atomic E-state index is 12.2. The van der Waals surface area contributed by atoms with Gasteiger partial charge in [0, 0.05) is 25.9 Å². The van der Waals surface area contributed by atoms with E-state index in [1.165, 1.54) is 17.0 Å². The van der Waals surface area contributed by atoms with Gasteiger partial charge in [-0.15, -0.1) is 0 Å². The topological polar surface area (TPSA) is 80.5 Å². The van der Waals surface area contributed by atoms with Crippen LogP contribution in [0.2, 0.25) is 0 Å². The highest BCUT2D eigenvalue weighted by Crippen LogP contribution is 2.43. The lowest BCUT2D eigenvalue weighted by molar-refractivity contribution is -0.123. The maximum atomic E-state index is 12.2. The average molecular weight is 302 g/mol. The predicted molar refractivity (Wildman–Crippen MR) is 78.7 cm³/mol. The van der Waals surface area contributed by atoms with Gasteiger partial charge < -0.3 is 5.73 Å². The molecule has 0 bridgehead atoms. The number of ketones is 1. The standard InChI is InChI=1S/C14H26N2O3S/c1-20(18,19)16-7-2-4-12(10-16)8-13(17)9-14(11-15)5-3-6-14/h12H,2-11,15H2,1H3. The van der Waals surface area contributed by atoms with Crippen molar-refractivity contribution < 1.29 is 13.2 Å². The van der Waals surface area contributed by atoms with Crippen LogP contribution >= 0.6 is 0 Å². The minimum Gasteiger partial charge on any atom is -0.330 e. The zero-order valence-corrected chi connectivity index (χ0v) is 13.1. The van der Waals surface area contributed by atoms with Crippen molar-refractivity contribution >= 4 is 15.8 Å². The van der Waals surface area contributed by atoms with Gasteiger partial charge in [0.2, 0.25) is 10.0 Å². The van der Waals surface area contributed by atoms with E-state index < -0.39 is 10.0 Å². The van der Waals surface area contributed by atoms with Crippen LogP contribution < -0.4 is 5.73 Å². The number of nitrogens with two attached hydrogens (primary N) is 1. The molecule has 0 aromatic rings. The molecule has 0 radical (unpaired) electrons. The summed E-state index contributed by atoms with van der Waals surface area (Å²) in [6.45, 7) is 1.69. The second-order valence-electron chi connectivity index (χ2n) is 6.61. The monoisotopic (exact) mass is 302 g/mol. The van der Waals surface area contributed by atoms with E-state index in [4.69, 9.17) is 5.73 Å². The smallest absolute Gasteiger partial charge is 0.211 e. The van der Waals surface area contributed by atoms with Gasteiger partial charge >= 0.3 is 0 Å². The summed E-state index contributed by atoms with van der Waals surface area (Å²) in [6, 6.07) is 0. The molecule has 2 fully saturated rings. The van der Waals surface area contributed by atoms with Crippen molar-refractivity contribution in [2.45, 2.75) is 44.9 Å². The normalized spacial score (nSPS) is 27.0. The van der Waals surface area contributed by atoms with Gasteiger partial charge in [-0.05, 0) is 43.6 Å². The Morgan fingerprint density at radius 1 is 1.35 bits per heavy atom. The summed E-state index contributed by atoms with van der Waals surface area (Å²) >= 11 is 0. The van der Waals surface area contributed by atoms with Gasteiger partial charge in [0.15, 0.2) is 0 Å². The number of carbonyl (C=O) groups excluding carboxylic acids is 1. The average Bonchev–Trinajstić information content (AvgIpc) is 2.33. The van der Waals surface area contributed by atoms with Crippen molar-refractivity contribution in [3.8, 4) is 0 Å². The van der Waals surface area contributed by atoms with Crippen molar-refractivity contribution in [3.05, 3.63) is 0 Å². The van der Waals surface area contributed by atoms with E-state index in [9.17, 15) is 13.2 Å². The Kier molecular flexibility index (Phi) is 4.87. The highest BCUT2D eigenvalue weighted by molar-refractivity contribution is 7.88. The fourth-order valence-electron chi connectivity index (χ4n) is 3.44. The highest BCUT2D eigenvalue weighted by atomic mass is 32.2. The molecule has 1 atom stereocenters. The summed E-state index contributed by atoms with van der Waals surface area (Å²) in [5.74, 6) is 0.441. The number of piperidine rings is 1. The van der Waals surface area contributed by atoms with Crippen LogP contribution in [-0.4, -0.2) is 44.4 Å². The van der Waals surface area contributed by atoms with E-state index in [1.807, 2.05) is 0 Å². The summed E-state index contributed by atoms with van der Waals surface area (Å²) in [5.41, 5.74) is 5.85. The Morgan fingerprint density at radius 3 is 2.55 bits per heavy atom. The molecule has 0 amide bonds. The SMILES string of the molecule is CS(=O)(=O)N1CCCC(CC(=O)CC2(CN)CCC2)C1. The third-order valence-corrected chi connectivity index (χ3v) is 6.16. The molecular weight excluding hydrogens is 276 g/mol. The molecule has 116 valence electrons. The van der Waals surface area contributed by atoms with Gasteiger partial charge in [-0.1, -0.05) is 6.42 Å². The second-order valence-corrected chi connectivity index (χ2v) is 8.59. The molecule has 5 nitrogen and oxygen atoms in total. The number of rotatable bonds is 6. The number of carbonyl (C=O) groups is 1. The molecule has 2 rings (SSSR count). The van der Waals surface area contributed by atoms with Crippen molar-refractivity contribution in [2.24, 2.45) is 17.1 Å². The number of nitrogens with zero attached hydrogens (tertiary/aromatic N) is 1. The number of hydrogen-bond acceptors (Lipinski definition) is 4. The van der Waals surface area contributed by atoms with Gasteiger partial charge in [-0.2, -0.15) is 0 Å². The molecule has 6 heteroatoms. The molecule has 0 aromatic carbocycles. The van der Waals surface area contributed by atoms with Crippen LogP contribution in [-0.2, 0) is 14.8 Å². The molecule has 0 spiro atoms. The first-order valence-electron chi connectivity index (χ1n) is 7.52. The lowest BCUT2D eigenvalue weighted by atomic mass is 9.65. The Balaban J connectivity index is 1.85. The van der Waals surface area contributed by atoms with Gasteiger partial charge in [-0.3, -0.25) is 4.79 Å². The Bertz CT molecular complexity index is 452. The molecule has 2 aliphatic rings. The second kappa shape index (κ2) is 6.12. The van der Waals surface area contributed by atoms with Crippen molar-refractivity contribution in [3.63, 3.8) is 0 Å². The quantitative estimate of drug-likeness (QED) is 0.797. The van der Waals surface area contributed by atoms with Crippen molar-refractivity contribution in [2.75, 3.05) is 25.9 Å². The zero-order valence-electron chi connectivity index (χ0n) is 12.3. The largest absolute Gasteiger partial charge is 0.330 e. The molecule has 20 heavy (non-hydrogen) atoms. The number of hydrogen-bond donors (Lipinski definition) is 1. The molecule has 1 heterocycles. The summed E-state index contributed by atoms with van der Waals surface area (Å²) in [4.78, 5) is 12.2. The van der Waals surface area contributed by atoms with Gasteiger partial charge in [0.05, 0.1) is 6.26 Å². The van der Waals surface area contributed by atoms with Crippen molar-refractivity contribution in [1.29, 1.82) is 0 Å². The van der Waals surface area contributed by atoms with E-state index in [-0.39, 0.29) is 17.1 Å². The summed E-state index contributed by atoms with van der Waals surface area (Å²) in [7, 11) is -3.13. The molecule has 1 aliphatic heterocycles.